The number of carbonyl (C=O) groups excluding carboxylic acids is 2. The van der Waals surface area contributed by atoms with Crippen LogP contribution < -0.4 is 11.1 Å². The van der Waals surface area contributed by atoms with E-state index in [2.05, 4.69) is 86.0 Å². The van der Waals surface area contributed by atoms with Crippen LogP contribution in [0.25, 0.3) is 0 Å². The van der Waals surface area contributed by atoms with E-state index in [1.165, 1.54) is 0 Å². The maximum absolute atomic E-state index is 12.6. The number of ether oxygens (including phenoxy) is 1. The highest BCUT2D eigenvalue weighted by Crippen LogP contribution is 2.15. The van der Waals surface area contributed by atoms with E-state index in [1.54, 1.807) is 0 Å². The Labute approximate surface area is 292 Å². The summed E-state index contributed by atoms with van der Waals surface area (Å²) in [6.07, 6.45) is 43.9. The molecule has 0 spiro atoms. The van der Waals surface area contributed by atoms with Gasteiger partial charge in [0.05, 0.1) is 0 Å². The average molecular weight is 669 g/mol. The number of carbonyl (C=O) groups is 3. The Balaban J connectivity index is 4.41. The van der Waals surface area contributed by atoms with Gasteiger partial charge in [0, 0.05) is 12.8 Å². The highest BCUT2D eigenvalue weighted by Gasteiger charge is 2.18. The zero-order chi connectivity index (χ0) is 35.3. The summed E-state index contributed by atoms with van der Waals surface area (Å²) in [5.41, 5.74) is 5.46. The number of carboxylic acid groups (broad SMARTS) is 1. The molecule has 4 N–H and O–H groups in total. The molecular weight excluding hydrogens is 600 g/mol. The molecule has 0 aromatic carbocycles. The molecule has 2 atom stereocenters. The minimum absolute atomic E-state index is 0.117. The van der Waals surface area contributed by atoms with Gasteiger partial charge >= 0.3 is 11.9 Å². The van der Waals surface area contributed by atoms with Gasteiger partial charge in [-0.1, -0.05) is 113 Å². The molecule has 0 bridgehead atoms. The van der Waals surface area contributed by atoms with Crippen molar-refractivity contribution >= 4 is 17.8 Å². The minimum atomic E-state index is -1.01. The van der Waals surface area contributed by atoms with Gasteiger partial charge in [0.15, 0.2) is 0 Å². The summed E-state index contributed by atoms with van der Waals surface area (Å²) < 4.78 is 5.88. The van der Waals surface area contributed by atoms with E-state index >= 15 is 0 Å². The largest absolute Gasteiger partial charge is 0.480 e. The van der Waals surface area contributed by atoms with E-state index in [9.17, 15) is 19.5 Å². The van der Waals surface area contributed by atoms with Crippen LogP contribution >= 0.6 is 0 Å². The summed E-state index contributed by atoms with van der Waals surface area (Å²) in [6, 6.07) is -0.862. The lowest BCUT2D eigenvalue weighted by atomic mass is 10.0. The van der Waals surface area contributed by atoms with Crippen LogP contribution in [0.2, 0.25) is 0 Å². The molecule has 0 saturated carbocycles. The highest BCUT2D eigenvalue weighted by atomic mass is 16.5. The first-order chi connectivity index (χ1) is 23.4. The average Bonchev–Trinajstić information content (AvgIpc) is 3.07. The van der Waals surface area contributed by atoms with E-state index in [0.29, 0.717) is 32.2 Å². The number of hydrogen-bond donors (Lipinski definition) is 3. The molecule has 0 aliphatic rings. The summed E-state index contributed by atoms with van der Waals surface area (Å²) in [5, 5.41) is 11.9. The molecule has 0 fully saturated rings. The number of esters is 1. The lowest BCUT2D eigenvalue weighted by Crippen LogP contribution is -2.40. The Hall–Kier alpha value is -3.19. The quantitative estimate of drug-likeness (QED) is 0.0373. The number of nitrogens with two attached hydrogens (primary N) is 1. The Morgan fingerprint density at radius 1 is 0.625 bits per heavy atom. The van der Waals surface area contributed by atoms with Gasteiger partial charge in [-0.2, -0.15) is 0 Å². The molecule has 0 radical (unpaired) electrons. The van der Waals surface area contributed by atoms with Crippen LogP contribution in [0.15, 0.2) is 72.9 Å². The van der Waals surface area contributed by atoms with E-state index in [0.717, 1.165) is 109 Å². The van der Waals surface area contributed by atoms with Gasteiger partial charge in [-0.05, 0) is 103 Å². The number of aliphatic carboxylic acids is 1. The summed E-state index contributed by atoms with van der Waals surface area (Å²) in [6.45, 7) is 4.68. The van der Waals surface area contributed by atoms with Crippen molar-refractivity contribution in [1.82, 2.24) is 5.32 Å². The van der Waals surface area contributed by atoms with Gasteiger partial charge in [-0.3, -0.25) is 9.59 Å². The fourth-order valence-corrected chi connectivity index (χ4v) is 4.98. The number of amides is 1. The number of allylic oxidation sites excluding steroid dienone is 11. The van der Waals surface area contributed by atoms with Crippen LogP contribution in [0.4, 0.5) is 0 Å². The summed E-state index contributed by atoms with van der Waals surface area (Å²) >= 11 is 0. The third kappa shape index (κ3) is 31.4. The van der Waals surface area contributed by atoms with Crippen LogP contribution in [0.1, 0.15) is 149 Å². The Bertz CT molecular complexity index is 979. The highest BCUT2D eigenvalue weighted by molar-refractivity contribution is 5.83. The lowest BCUT2D eigenvalue weighted by Gasteiger charge is -2.15. The van der Waals surface area contributed by atoms with E-state index < -0.39 is 12.0 Å². The zero-order valence-corrected chi connectivity index (χ0v) is 30.3. The first-order valence-electron chi connectivity index (χ1n) is 18.8. The SMILES string of the molecule is CC/C=C\C/C=C\C/C=C\CCCCCC(=O)OC(/C=C\C/C=C\C/C=C\CC)CCCCCCCCC(=O)NC(CCCN)C(=O)O. The van der Waals surface area contributed by atoms with E-state index in [4.69, 9.17) is 10.5 Å². The number of carboxylic acids is 1. The van der Waals surface area contributed by atoms with Gasteiger partial charge < -0.3 is 20.9 Å². The summed E-state index contributed by atoms with van der Waals surface area (Å²) in [5.74, 6) is -1.34. The zero-order valence-electron chi connectivity index (χ0n) is 30.3. The number of rotatable bonds is 32. The molecule has 0 aromatic heterocycles. The maximum Gasteiger partial charge on any atom is 0.326 e. The molecule has 0 aliphatic heterocycles. The predicted octanol–water partition coefficient (Wildman–Crippen LogP) is 10.00. The fraction of sp³-hybridized carbons (Fsp3) is 0.634. The predicted molar refractivity (Wildman–Crippen MR) is 202 cm³/mol. The third-order valence-corrected chi connectivity index (χ3v) is 7.75. The smallest absolute Gasteiger partial charge is 0.326 e. The lowest BCUT2D eigenvalue weighted by molar-refractivity contribution is -0.147. The molecular formula is C41H68N2O5. The van der Waals surface area contributed by atoms with Crippen molar-refractivity contribution in [3.63, 3.8) is 0 Å². The van der Waals surface area contributed by atoms with Crippen LogP contribution in [-0.4, -0.2) is 41.6 Å². The van der Waals surface area contributed by atoms with Crippen LogP contribution in [-0.2, 0) is 19.1 Å². The molecule has 0 aliphatic carbocycles. The van der Waals surface area contributed by atoms with Crippen molar-refractivity contribution in [3.05, 3.63) is 72.9 Å². The molecule has 0 saturated heterocycles. The second-order valence-corrected chi connectivity index (χ2v) is 12.2. The Morgan fingerprint density at radius 2 is 1.15 bits per heavy atom. The first-order valence-corrected chi connectivity index (χ1v) is 18.8. The monoisotopic (exact) mass is 669 g/mol. The Kier molecular flexibility index (Phi) is 32.8. The molecule has 0 aromatic rings. The molecule has 0 rings (SSSR count). The van der Waals surface area contributed by atoms with Gasteiger partial charge in [0.2, 0.25) is 5.91 Å². The molecule has 7 nitrogen and oxygen atoms in total. The Morgan fingerprint density at radius 3 is 1.75 bits per heavy atom. The third-order valence-electron chi connectivity index (χ3n) is 7.75. The van der Waals surface area contributed by atoms with Crippen molar-refractivity contribution in [2.75, 3.05) is 6.54 Å². The van der Waals surface area contributed by atoms with Crippen molar-refractivity contribution in [2.24, 2.45) is 5.73 Å². The summed E-state index contributed by atoms with van der Waals surface area (Å²) in [4.78, 5) is 36.1. The van der Waals surface area contributed by atoms with Gasteiger partial charge in [0.25, 0.3) is 0 Å². The normalized spacial score (nSPS) is 13.6. The molecule has 7 heteroatoms. The molecule has 0 heterocycles. The first kappa shape index (κ1) is 44.8. The van der Waals surface area contributed by atoms with Crippen molar-refractivity contribution in [3.8, 4) is 0 Å². The second-order valence-electron chi connectivity index (χ2n) is 12.2. The van der Waals surface area contributed by atoms with E-state index in [-0.39, 0.29) is 18.0 Å². The van der Waals surface area contributed by atoms with Crippen LogP contribution in [0.3, 0.4) is 0 Å². The standard InChI is InChI=1S/C41H68N2O5/c1-3-5-7-9-11-13-14-15-16-17-19-25-29-35-40(45)48-37(31-26-22-18-12-10-8-6-4-2)32-27-23-20-21-24-28-34-39(44)43-38(41(46)47)33-30-36-42/h5-8,11-13,15-16,18,26,31,37-38H,3-4,9-10,14,17,19-25,27-30,32-36,42H2,1-2H3,(H,43,44)(H,46,47)/b7-5-,8-6-,13-11-,16-15-,18-12-,31-26-. The van der Waals surface area contributed by atoms with Crippen LogP contribution in [0, 0.1) is 0 Å². The van der Waals surface area contributed by atoms with Crippen molar-refractivity contribution in [1.29, 1.82) is 0 Å². The number of nitrogens with one attached hydrogen (secondary N) is 1. The topological polar surface area (TPSA) is 119 Å². The second kappa shape index (κ2) is 35.1. The van der Waals surface area contributed by atoms with E-state index in [1.807, 2.05) is 6.08 Å². The number of hydrogen-bond acceptors (Lipinski definition) is 5. The summed E-state index contributed by atoms with van der Waals surface area (Å²) in [7, 11) is 0. The van der Waals surface area contributed by atoms with Crippen LogP contribution in [0.5, 0.6) is 0 Å². The van der Waals surface area contributed by atoms with Gasteiger partial charge in [-0.15, -0.1) is 0 Å². The molecule has 272 valence electrons. The minimum Gasteiger partial charge on any atom is -0.480 e. The molecule has 1 amide bonds. The maximum atomic E-state index is 12.6. The van der Waals surface area contributed by atoms with Crippen molar-refractivity contribution in [2.45, 2.75) is 161 Å². The number of unbranched alkanes of at least 4 members (excludes halogenated alkanes) is 8. The molecule has 2 unspecified atom stereocenters. The van der Waals surface area contributed by atoms with Gasteiger partial charge in [0.1, 0.15) is 12.1 Å². The fourth-order valence-electron chi connectivity index (χ4n) is 4.98. The molecule has 48 heavy (non-hydrogen) atoms. The van der Waals surface area contributed by atoms with Gasteiger partial charge in [-0.25, -0.2) is 4.79 Å². The van der Waals surface area contributed by atoms with Crippen molar-refractivity contribution < 1.29 is 24.2 Å².